The molecule has 0 unspecified atom stereocenters. The Morgan fingerprint density at radius 3 is 2.43 bits per heavy atom. The number of benzene rings is 3. The van der Waals surface area contributed by atoms with Crippen molar-refractivity contribution in [3.05, 3.63) is 87.9 Å². The van der Waals surface area contributed by atoms with Gasteiger partial charge >= 0.3 is 6.03 Å². The second kappa shape index (κ2) is 9.15. The molecule has 3 aliphatic rings. The summed E-state index contributed by atoms with van der Waals surface area (Å²) in [4.78, 5) is 32.4. The molecule has 3 aromatic rings. The molecule has 37 heavy (non-hydrogen) atoms. The number of fused-ring (bicyclic) bond motifs is 4. The lowest BCUT2D eigenvalue weighted by Crippen LogP contribution is -2.65. The van der Waals surface area contributed by atoms with E-state index in [0.29, 0.717) is 46.6 Å². The summed E-state index contributed by atoms with van der Waals surface area (Å²) in [5.41, 5.74) is 2.22. The fourth-order valence-electron chi connectivity index (χ4n) is 5.52. The maximum atomic E-state index is 13.4. The number of nitrogens with one attached hydrogen (secondary N) is 1. The largest absolute Gasteiger partial charge is 0.467 e. The first-order valence-corrected chi connectivity index (χ1v) is 13.1. The van der Waals surface area contributed by atoms with Crippen LogP contribution in [0.1, 0.15) is 35.3 Å². The number of anilines is 2. The Kier molecular flexibility index (Phi) is 5.92. The predicted molar refractivity (Wildman–Crippen MR) is 145 cm³/mol. The number of ether oxygens (including phenoxy) is 1. The monoisotopic (exact) mass is 536 g/mol. The van der Waals surface area contributed by atoms with E-state index in [0.717, 1.165) is 24.3 Å². The van der Waals surface area contributed by atoms with Crippen LogP contribution in [-0.2, 0) is 0 Å². The van der Waals surface area contributed by atoms with E-state index in [9.17, 15) is 9.59 Å². The number of piperazine rings is 1. The normalized spacial score (nSPS) is 22.7. The van der Waals surface area contributed by atoms with Gasteiger partial charge in [-0.05, 0) is 67.6 Å². The van der Waals surface area contributed by atoms with E-state index in [2.05, 4.69) is 10.2 Å². The topological polar surface area (TPSA) is 65.1 Å². The van der Waals surface area contributed by atoms with Crippen molar-refractivity contribution in [1.29, 1.82) is 0 Å². The van der Waals surface area contributed by atoms with Crippen LogP contribution < -0.4 is 19.9 Å². The van der Waals surface area contributed by atoms with Crippen molar-refractivity contribution >= 4 is 46.5 Å². The number of hydrogen-bond donors (Lipinski definition) is 1. The van der Waals surface area contributed by atoms with E-state index in [1.54, 1.807) is 23.1 Å². The molecule has 3 aromatic carbocycles. The van der Waals surface area contributed by atoms with Crippen LogP contribution in [-0.4, -0.2) is 48.7 Å². The van der Waals surface area contributed by atoms with E-state index in [4.69, 9.17) is 27.9 Å². The molecule has 2 bridgehead atoms. The summed E-state index contributed by atoms with van der Waals surface area (Å²) in [5, 5.41) is 4.38. The quantitative estimate of drug-likeness (QED) is 0.464. The smallest absolute Gasteiger partial charge is 0.325 e. The summed E-state index contributed by atoms with van der Waals surface area (Å²) in [6.45, 7) is 4.59. The highest BCUT2D eigenvalue weighted by Crippen LogP contribution is 2.46. The molecular weight excluding hydrogens is 511 g/mol. The number of carbonyl (C=O) groups excluding carboxylic acids is 2. The number of nitrogens with zero attached hydrogens (tertiary/aromatic N) is 3. The van der Waals surface area contributed by atoms with Gasteiger partial charge in [0, 0.05) is 59.5 Å². The van der Waals surface area contributed by atoms with Gasteiger partial charge in [0.15, 0.2) is 5.72 Å². The van der Waals surface area contributed by atoms with Crippen molar-refractivity contribution in [3.8, 4) is 5.75 Å². The van der Waals surface area contributed by atoms with Crippen molar-refractivity contribution < 1.29 is 14.3 Å². The van der Waals surface area contributed by atoms with Crippen LogP contribution in [0, 0.1) is 0 Å². The summed E-state index contributed by atoms with van der Waals surface area (Å²) >= 11 is 12.2. The molecule has 9 heteroatoms. The number of halogens is 2. The molecule has 0 aromatic heterocycles. The zero-order chi connectivity index (χ0) is 25.7. The third-order valence-electron chi connectivity index (χ3n) is 7.34. The molecule has 3 heterocycles. The number of urea groups is 1. The SMILES string of the molecule is C[C@@]12C[C@@H](NC(=O)N1c1cccc(C(=O)N3CCN(c4ccc(Cl)cc4)CC3)c1)c1cc(Cl)ccc1O2. The van der Waals surface area contributed by atoms with Gasteiger partial charge in [-0.3, -0.25) is 9.69 Å². The van der Waals surface area contributed by atoms with E-state index in [1.165, 1.54) is 0 Å². The van der Waals surface area contributed by atoms with Crippen molar-refractivity contribution in [3.63, 3.8) is 0 Å². The van der Waals surface area contributed by atoms with Crippen LogP contribution in [0.5, 0.6) is 5.75 Å². The average molecular weight is 537 g/mol. The molecule has 2 atom stereocenters. The van der Waals surface area contributed by atoms with Gasteiger partial charge in [0.25, 0.3) is 5.91 Å². The van der Waals surface area contributed by atoms with E-state index < -0.39 is 5.72 Å². The molecular formula is C28H26Cl2N4O3. The molecule has 190 valence electrons. The molecule has 3 amide bonds. The summed E-state index contributed by atoms with van der Waals surface area (Å²) in [6.07, 6.45) is 0.552. The van der Waals surface area contributed by atoms with Crippen LogP contribution in [0.3, 0.4) is 0 Å². The molecule has 0 spiro atoms. The molecule has 1 N–H and O–H groups in total. The van der Waals surface area contributed by atoms with Crippen molar-refractivity contribution in [2.45, 2.75) is 25.1 Å². The minimum atomic E-state index is -0.903. The maximum Gasteiger partial charge on any atom is 0.325 e. The van der Waals surface area contributed by atoms with Gasteiger partial charge < -0.3 is 19.9 Å². The van der Waals surface area contributed by atoms with Gasteiger partial charge in [-0.15, -0.1) is 0 Å². The van der Waals surface area contributed by atoms with Gasteiger partial charge in [-0.25, -0.2) is 4.79 Å². The molecule has 3 aliphatic heterocycles. The second-order valence-electron chi connectivity index (χ2n) is 9.81. The fraction of sp³-hybridized carbons (Fsp3) is 0.286. The minimum absolute atomic E-state index is 0.0531. The Labute approximate surface area is 225 Å². The first kappa shape index (κ1) is 23.9. The van der Waals surface area contributed by atoms with Crippen molar-refractivity contribution in [2.24, 2.45) is 0 Å². The first-order chi connectivity index (χ1) is 17.8. The van der Waals surface area contributed by atoms with Crippen LogP contribution in [0.4, 0.5) is 16.2 Å². The van der Waals surface area contributed by atoms with Crippen LogP contribution in [0.25, 0.3) is 0 Å². The lowest BCUT2D eigenvalue weighted by molar-refractivity contribution is 0.0378. The van der Waals surface area contributed by atoms with Gasteiger partial charge in [-0.1, -0.05) is 29.3 Å². The van der Waals surface area contributed by atoms with Gasteiger partial charge in [-0.2, -0.15) is 0 Å². The molecule has 2 fully saturated rings. The highest BCUT2D eigenvalue weighted by molar-refractivity contribution is 6.31. The summed E-state index contributed by atoms with van der Waals surface area (Å²) in [5.74, 6) is 0.640. The summed E-state index contributed by atoms with van der Waals surface area (Å²) in [6, 6.07) is 20.0. The number of rotatable bonds is 3. The number of carbonyl (C=O) groups is 2. The average Bonchev–Trinajstić information content (AvgIpc) is 2.89. The van der Waals surface area contributed by atoms with E-state index >= 15 is 0 Å². The highest BCUT2D eigenvalue weighted by atomic mass is 35.5. The highest BCUT2D eigenvalue weighted by Gasteiger charge is 2.50. The Bertz CT molecular complexity index is 1370. The first-order valence-electron chi connectivity index (χ1n) is 12.3. The standard InChI is InChI=1S/C28H26Cl2N4O3/c1-28-17-24(23-16-20(30)7-10-25(23)37-28)31-27(36)34(28)22-4-2-3-18(15-22)26(35)33-13-11-32(12-14-33)21-8-5-19(29)6-9-21/h2-10,15-16,24H,11-14,17H2,1H3,(H,31,36)/t24-,28-/m1/s1. The third kappa shape index (κ3) is 4.36. The lowest BCUT2D eigenvalue weighted by atomic mass is 9.90. The van der Waals surface area contributed by atoms with Crippen molar-refractivity contribution in [2.75, 3.05) is 36.0 Å². The van der Waals surface area contributed by atoms with E-state index in [-0.39, 0.29) is 18.0 Å². The minimum Gasteiger partial charge on any atom is -0.467 e. The summed E-state index contributed by atoms with van der Waals surface area (Å²) in [7, 11) is 0. The van der Waals surface area contributed by atoms with Gasteiger partial charge in [0.05, 0.1) is 11.7 Å². The van der Waals surface area contributed by atoms with Crippen molar-refractivity contribution in [1.82, 2.24) is 10.2 Å². The van der Waals surface area contributed by atoms with Gasteiger partial charge in [0.1, 0.15) is 5.75 Å². The molecule has 7 nitrogen and oxygen atoms in total. The second-order valence-corrected chi connectivity index (χ2v) is 10.7. The Morgan fingerprint density at radius 1 is 0.946 bits per heavy atom. The molecule has 2 saturated heterocycles. The zero-order valence-corrected chi connectivity index (χ0v) is 21.8. The Hall–Kier alpha value is -3.42. The van der Waals surface area contributed by atoms with Crippen LogP contribution >= 0.6 is 23.2 Å². The number of amides is 3. The molecule has 6 rings (SSSR count). The molecule has 0 aliphatic carbocycles. The summed E-state index contributed by atoms with van der Waals surface area (Å²) < 4.78 is 6.36. The van der Waals surface area contributed by atoms with Crippen LogP contribution in [0.15, 0.2) is 66.7 Å². The van der Waals surface area contributed by atoms with Crippen LogP contribution in [0.2, 0.25) is 10.0 Å². The zero-order valence-electron chi connectivity index (χ0n) is 20.3. The van der Waals surface area contributed by atoms with E-state index in [1.807, 2.05) is 60.4 Å². The lowest BCUT2D eigenvalue weighted by Gasteiger charge is -2.50. The number of hydrogen-bond acceptors (Lipinski definition) is 4. The predicted octanol–water partition coefficient (Wildman–Crippen LogP) is 5.73. The maximum absolute atomic E-state index is 13.4. The molecule has 0 radical (unpaired) electrons. The fourth-order valence-corrected chi connectivity index (χ4v) is 5.82. The van der Waals surface area contributed by atoms with Gasteiger partial charge in [0.2, 0.25) is 0 Å². The molecule has 0 saturated carbocycles. The Balaban J connectivity index is 1.20. The third-order valence-corrected chi connectivity index (χ3v) is 7.83. The Morgan fingerprint density at radius 2 is 1.68 bits per heavy atom.